The van der Waals surface area contributed by atoms with Crippen LogP contribution in [0.2, 0.25) is 0 Å². The molecule has 0 bridgehead atoms. The van der Waals surface area contributed by atoms with Crippen molar-refractivity contribution in [3.63, 3.8) is 0 Å². The predicted octanol–water partition coefficient (Wildman–Crippen LogP) is 2.17. The molecule has 1 saturated carbocycles. The average Bonchev–Trinajstić information content (AvgIpc) is 3.01. The van der Waals surface area contributed by atoms with Crippen LogP contribution >= 0.6 is 24.8 Å². The third-order valence-corrected chi connectivity index (χ3v) is 2.60. The molecule has 18 heavy (non-hydrogen) atoms. The molecule has 0 spiro atoms. The molecule has 0 saturated heterocycles. The second-order valence-electron chi connectivity index (χ2n) is 4.31. The first-order valence-corrected chi connectivity index (χ1v) is 5.67. The van der Waals surface area contributed by atoms with Gasteiger partial charge in [-0.3, -0.25) is 9.78 Å². The monoisotopic (exact) mass is 291 g/mol. The smallest absolute Gasteiger partial charge is 0.238 e. The Balaban J connectivity index is 0.00000144. The predicted molar refractivity (Wildman–Crippen MR) is 77.7 cm³/mol. The molecule has 1 amide bonds. The SMILES string of the molecule is Cc1cc(NC(=O)CNCC2CC2)ccn1.Cl.Cl. The third kappa shape index (κ3) is 6.19. The minimum atomic E-state index is 0. The number of amides is 1. The van der Waals surface area contributed by atoms with Crippen molar-refractivity contribution in [1.82, 2.24) is 10.3 Å². The lowest BCUT2D eigenvalue weighted by molar-refractivity contribution is -0.115. The van der Waals surface area contributed by atoms with E-state index in [0.717, 1.165) is 23.8 Å². The van der Waals surface area contributed by atoms with Gasteiger partial charge < -0.3 is 10.6 Å². The number of carbonyl (C=O) groups is 1. The van der Waals surface area contributed by atoms with Crippen LogP contribution in [0.4, 0.5) is 5.69 Å². The molecule has 0 atom stereocenters. The maximum Gasteiger partial charge on any atom is 0.238 e. The van der Waals surface area contributed by atoms with Crippen molar-refractivity contribution in [2.24, 2.45) is 5.92 Å². The van der Waals surface area contributed by atoms with Crippen molar-refractivity contribution >= 4 is 36.4 Å². The second kappa shape index (κ2) is 8.29. The molecule has 102 valence electrons. The highest BCUT2D eigenvalue weighted by Gasteiger charge is 2.20. The van der Waals surface area contributed by atoms with Gasteiger partial charge in [-0.15, -0.1) is 24.8 Å². The first-order valence-electron chi connectivity index (χ1n) is 5.67. The van der Waals surface area contributed by atoms with Gasteiger partial charge in [0.05, 0.1) is 6.54 Å². The molecule has 1 aromatic heterocycles. The van der Waals surface area contributed by atoms with E-state index in [2.05, 4.69) is 15.6 Å². The van der Waals surface area contributed by atoms with Gasteiger partial charge >= 0.3 is 0 Å². The lowest BCUT2D eigenvalue weighted by atomic mass is 10.3. The zero-order chi connectivity index (χ0) is 11.4. The van der Waals surface area contributed by atoms with Gasteiger partial charge in [0.25, 0.3) is 0 Å². The summed E-state index contributed by atoms with van der Waals surface area (Å²) in [5, 5.41) is 5.99. The lowest BCUT2D eigenvalue weighted by Crippen LogP contribution is -2.29. The van der Waals surface area contributed by atoms with Gasteiger partial charge in [-0.05, 0) is 44.4 Å². The van der Waals surface area contributed by atoms with E-state index in [4.69, 9.17) is 0 Å². The van der Waals surface area contributed by atoms with E-state index >= 15 is 0 Å². The highest BCUT2D eigenvalue weighted by molar-refractivity contribution is 5.92. The zero-order valence-electron chi connectivity index (χ0n) is 10.3. The van der Waals surface area contributed by atoms with E-state index in [1.165, 1.54) is 12.8 Å². The number of hydrogen-bond donors (Lipinski definition) is 2. The minimum absolute atomic E-state index is 0. The molecule has 0 radical (unpaired) electrons. The summed E-state index contributed by atoms with van der Waals surface area (Å²) in [6.07, 6.45) is 4.30. The number of aromatic nitrogens is 1. The van der Waals surface area contributed by atoms with E-state index in [-0.39, 0.29) is 30.7 Å². The fraction of sp³-hybridized carbons (Fsp3) is 0.500. The Morgan fingerprint density at radius 2 is 2.17 bits per heavy atom. The number of carbonyl (C=O) groups excluding carboxylic acids is 1. The van der Waals surface area contributed by atoms with Crippen molar-refractivity contribution in [3.8, 4) is 0 Å². The highest BCUT2D eigenvalue weighted by atomic mass is 35.5. The van der Waals surface area contributed by atoms with Crippen LogP contribution in [0.15, 0.2) is 18.3 Å². The Bertz CT molecular complexity index is 383. The maximum atomic E-state index is 11.5. The largest absolute Gasteiger partial charge is 0.325 e. The van der Waals surface area contributed by atoms with E-state index in [1.807, 2.05) is 13.0 Å². The van der Waals surface area contributed by atoms with Crippen molar-refractivity contribution < 1.29 is 4.79 Å². The summed E-state index contributed by atoms with van der Waals surface area (Å²) >= 11 is 0. The van der Waals surface area contributed by atoms with Gasteiger partial charge in [-0.25, -0.2) is 0 Å². The summed E-state index contributed by atoms with van der Waals surface area (Å²) in [4.78, 5) is 15.6. The van der Waals surface area contributed by atoms with Crippen molar-refractivity contribution in [3.05, 3.63) is 24.0 Å². The molecule has 2 rings (SSSR count). The number of aryl methyl sites for hydroxylation is 1. The number of pyridine rings is 1. The van der Waals surface area contributed by atoms with Gasteiger partial charge in [0, 0.05) is 17.6 Å². The highest BCUT2D eigenvalue weighted by Crippen LogP contribution is 2.27. The third-order valence-electron chi connectivity index (χ3n) is 2.60. The van der Waals surface area contributed by atoms with E-state index in [9.17, 15) is 4.79 Å². The molecule has 6 heteroatoms. The molecule has 0 aromatic carbocycles. The summed E-state index contributed by atoms with van der Waals surface area (Å²) in [5.74, 6) is 0.808. The number of hydrogen-bond acceptors (Lipinski definition) is 3. The van der Waals surface area contributed by atoms with Gasteiger partial charge in [-0.2, -0.15) is 0 Å². The van der Waals surface area contributed by atoms with Gasteiger partial charge in [-0.1, -0.05) is 0 Å². The molecule has 1 aliphatic carbocycles. The van der Waals surface area contributed by atoms with Crippen molar-refractivity contribution in [2.75, 3.05) is 18.4 Å². The van der Waals surface area contributed by atoms with Crippen LogP contribution in [-0.2, 0) is 4.79 Å². The van der Waals surface area contributed by atoms with Crippen LogP contribution in [0, 0.1) is 12.8 Å². The van der Waals surface area contributed by atoms with E-state index in [0.29, 0.717) is 6.54 Å². The molecule has 0 unspecified atom stereocenters. The first kappa shape index (κ1) is 17.2. The van der Waals surface area contributed by atoms with E-state index in [1.54, 1.807) is 12.3 Å². The topological polar surface area (TPSA) is 54.0 Å². The molecule has 1 fully saturated rings. The van der Waals surface area contributed by atoms with Gasteiger partial charge in [0.1, 0.15) is 0 Å². The number of anilines is 1. The molecular formula is C12H19Cl2N3O. The zero-order valence-corrected chi connectivity index (χ0v) is 11.9. The molecule has 2 N–H and O–H groups in total. The van der Waals surface area contributed by atoms with Crippen molar-refractivity contribution in [1.29, 1.82) is 0 Å². The normalized spacial score (nSPS) is 13.2. The van der Waals surface area contributed by atoms with Crippen LogP contribution < -0.4 is 10.6 Å². The number of nitrogens with zero attached hydrogens (tertiary/aromatic N) is 1. The number of halogens is 2. The quantitative estimate of drug-likeness (QED) is 0.874. The molecule has 1 heterocycles. The molecule has 0 aliphatic heterocycles. The summed E-state index contributed by atoms with van der Waals surface area (Å²) in [5.41, 5.74) is 1.72. The Labute approximate surface area is 120 Å². The molecule has 4 nitrogen and oxygen atoms in total. The fourth-order valence-corrected chi connectivity index (χ4v) is 1.54. The molecular weight excluding hydrogens is 273 g/mol. The van der Waals surface area contributed by atoms with Crippen LogP contribution in [-0.4, -0.2) is 24.0 Å². The Hall–Kier alpha value is -0.840. The summed E-state index contributed by atoms with van der Waals surface area (Å²) in [6.45, 7) is 3.25. The van der Waals surface area contributed by atoms with Crippen LogP contribution in [0.3, 0.4) is 0 Å². The average molecular weight is 292 g/mol. The molecule has 1 aliphatic rings. The van der Waals surface area contributed by atoms with Gasteiger partial charge in [0.15, 0.2) is 0 Å². The van der Waals surface area contributed by atoms with E-state index < -0.39 is 0 Å². The Kier molecular flexibility index (Phi) is 7.91. The Morgan fingerprint density at radius 3 is 2.78 bits per heavy atom. The summed E-state index contributed by atoms with van der Waals surface area (Å²) in [7, 11) is 0. The number of rotatable bonds is 5. The minimum Gasteiger partial charge on any atom is -0.325 e. The van der Waals surface area contributed by atoms with Gasteiger partial charge in [0.2, 0.25) is 5.91 Å². The number of nitrogens with one attached hydrogen (secondary N) is 2. The van der Waals surface area contributed by atoms with Crippen LogP contribution in [0.25, 0.3) is 0 Å². The van der Waals surface area contributed by atoms with Crippen LogP contribution in [0.1, 0.15) is 18.5 Å². The van der Waals surface area contributed by atoms with Crippen LogP contribution in [0.5, 0.6) is 0 Å². The summed E-state index contributed by atoms with van der Waals surface area (Å²) < 4.78 is 0. The Morgan fingerprint density at radius 1 is 1.44 bits per heavy atom. The molecule has 1 aromatic rings. The maximum absolute atomic E-state index is 11.5. The standard InChI is InChI=1S/C12H17N3O.2ClH/c1-9-6-11(4-5-14-9)15-12(16)8-13-7-10-2-3-10;;/h4-6,10,13H,2-3,7-8H2,1H3,(H,14,15,16);2*1H. The fourth-order valence-electron chi connectivity index (χ4n) is 1.54. The first-order chi connectivity index (χ1) is 7.74. The van der Waals surface area contributed by atoms with Crippen molar-refractivity contribution in [2.45, 2.75) is 19.8 Å². The lowest BCUT2D eigenvalue weighted by Gasteiger charge is -2.06. The summed E-state index contributed by atoms with van der Waals surface area (Å²) in [6, 6.07) is 3.66. The second-order valence-corrected chi connectivity index (χ2v) is 4.31.